The van der Waals surface area contributed by atoms with E-state index in [0.29, 0.717) is 5.69 Å². The summed E-state index contributed by atoms with van der Waals surface area (Å²) in [5.41, 5.74) is -0.734. The van der Waals surface area contributed by atoms with E-state index in [2.05, 4.69) is 15.5 Å². The number of hydrogen-bond donors (Lipinski definition) is 4. The van der Waals surface area contributed by atoms with Crippen molar-refractivity contribution in [1.82, 2.24) is 10.2 Å². The largest absolute Gasteiger partial charge is 0.394 e. The van der Waals surface area contributed by atoms with Gasteiger partial charge in [0.1, 0.15) is 0 Å². The van der Waals surface area contributed by atoms with Crippen LogP contribution in [0.3, 0.4) is 0 Å². The number of nitrogens with one attached hydrogen (secondary N) is 2. The maximum atomic E-state index is 10.9. The summed E-state index contributed by atoms with van der Waals surface area (Å²) in [6, 6.07) is 1.30. The fourth-order valence-electron chi connectivity index (χ4n) is 0.922. The molecular formula is C8H13N3O3. The molecule has 1 heterocycles. The van der Waals surface area contributed by atoms with Crippen molar-refractivity contribution in [3.05, 3.63) is 22.6 Å². The van der Waals surface area contributed by atoms with Gasteiger partial charge in [0, 0.05) is 6.07 Å². The Bertz CT molecular complexity index is 346. The molecule has 0 aliphatic rings. The summed E-state index contributed by atoms with van der Waals surface area (Å²) >= 11 is 0. The van der Waals surface area contributed by atoms with Gasteiger partial charge >= 0.3 is 0 Å². The van der Waals surface area contributed by atoms with Crippen LogP contribution in [-0.4, -0.2) is 39.2 Å². The van der Waals surface area contributed by atoms with E-state index in [-0.39, 0.29) is 18.8 Å². The van der Waals surface area contributed by atoms with Gasteiger partial charge in [-0.3, -0.25) is 4.79 Å². The third kappa shape index (κ3) is 2.54. The lowest BCUT2D eigenvalue weighted by atomic mass is 10.1. The van der Waals surface area contributed by atoms with Gasteiger partial charge in [-0.1, -0.05) is 0 Å². The zero-order valence-electron chi connectivity index (χ0n) is 7.82. The minimum Gasteiger partial charge on any atom is -0.394 e. The summed E-state index contributed by atoms with van der Waals surface area (Å²) in [5.74, 6) is 0. The van der Waals surface area contributed by atoms with Gasteiger partial charge in [0.25, 0.3) is 5.56 Å². The van der Waals surface area contributed by atoms with Crippen LogP contribution in [0.4, 0.5) is 5.69 Å². The SMILES string of the molecule is CC(CO)(CO)Nc1cn[nH]c(=O)c1. The van der Waals surface area contributed by atoms with Crippen molar-refractivity contribution in [2.24, 2.45) is 0 Å². The Morgan fingerprint density at radius 3 is 2.71 bits per heavy atom. The third-order valence-corrected chi connectivity index (χ3v) is 1.81. The summed E-state index contributed by atoms with van der Waals surface area (Å²) in [6.45, 7) is 1.15. The number of nitrogens with zero attached hydrogens (tertiary/aromatic N) is 1. The summed E-state index contributed by atoms with van der Waals surface area (Å²) in [6.07, 6.45) is 1.41. The zero-order valence-corrected chi connectivity index (χ0v) is 7.82. The number of rotatable bonds is 4. The molecule has 0 spiro atoms. The van der Waals surface area contributed by atoms with E-state index in [0.717, 1.165) is 0 Å². The molecule has 0 atom stereocenters. The van der Waals surface area contributed by atoms with E-state index in [1.165, 1.54) is 12.3 Å². The highest BCUT2D eigenvalue weighted by Gasteiger charge is 2.21. The average molecular weight is 199 g/mol. The summed E-state index contributed by atoms with van der Waals surface area (Å²) in [4.78, 5) is 10.9. The van der Waals surface area contributed by atoms with E-state index in [4.69, 9.17) is 10.2 Å². The highest BCUT2D eigenvalue weighted by Crippen LogP contribution is 2.10. The smallest absolute Gasteiger partial charge is 0.266 e. The van der Waals surface area contributed by atoms with Crippen LogP contribution in [0.25, 0.3) is 0 Å². The molecule has 6 heteroatoms. The fourth-order valence-corrected chi connectivity index (χ4v) is 0.922. The zero-order chi connectivity index (χ0) is 10.6. The molecule has 0 aromatic carbocycles. The molecule has 0 aliphatic carbocycles. The van der Waals surface area contributed by atoms with E-state index in [1.54, 1.807) is 6.92 Å². The molecule has 0 bridgehead atoms. The van der Waals surface area contributed by atoms with Crippen molar-refractivity contribution in [2.75, 3.05) is 18.5 Å². The van der Waals surface area contributed by atoms with Crippen molar-refractivity contribution in [1.29, 1.82) is 0 Å². The van der Waals surface area contributed by atoms with Gasteiger partial charge in [0.15, 0.2) is 0 Å². The molecule has 1 aromatic heterocycles. The van der Waals surface area contributed by atoms with Crippen LogP contribution in [0.1, 0.15) is 6.92 Å². The van der Waals surface area contributed by atoms with E-state index in [1.807, 2.05) is 0 Å². The standard InChI is InChI=1S/C8H13N3O3/c1-8(4-12,5-13)10-6-2-7(14)11-9-3-6/h2-3,12-13H,4-5H2,1H3,(H2,10,11,14). The molecule has 0 saturated heterocycles. The van der Waals surface area contributed by atoms with E-state index >= 15 is 0 Å². The molecule has 0 aliphatic heterocycles. The number of anilines is 1. The van der Waals surface area contributed by atoms with Crippen molar-refractivity contribution in [3.8, 4) is 0 Å². The van der Waals surface area contributed by atoms with Crippen LogP contribution in [0, 0.1) is 0 Å². The number of aromatic nitrogens is 2. The van der Waals surface area contributed by atoms with E-state index in [9.17, 15) is 4.79 Å². The number of aliphatic hydroxyl groups excluding tert-OH is 2. The minimum atomic E-state index is -0.852. The summed E-state index contributed by atoms with van der Waals surface area (Å²) < 4.78 is 0. The molecular weight excluding hydrogens is 186 g/mol. The van der Waals surface area contributed by atoms with Gasteiger partial charge < -0.3 is 15.5 Å². The Balaban J connectivity index is 2.82. The van der Waals surface area contributed by atoms with Crippen LogP contribution < -0.4 is 10.9 Å². The molecule has 0 fully saturated rings. The second kappa shape index (κ2) is 4.21. The van der Waals surface area contributed by atoms with Crippen LogP contribution in [0.5, 0.6) is 0 Å². The molecule has 1 aromatic rings. The Morgan fingerprint density at radius 2 is 2.21 bits per heavy atom. The molecule has 6 nitrogen and oxygen atoms in total. The topological polar surface area (TPSA) is 98.2 Å². The van der Waals surface area contributed by atoms with Crippen molar-refractivity contribution >= 4 is 5.69 Å². The predicted molar refractivity (Wildman–Crippen MR) is 51.1 cm³/mol. The molecule has 0 radical (unpaired) electrons. The number of aromatic amines is 1. The van der Waals surface area contributed by atoms with Gasteiger partial charge in [0.2, 0.25) is 0 Å². The van der Waals surface area contributed by atoms with Crippen LogP contribution in [-0.2, 0) is 0 Å². The highest BCUT2D eigenvalue weighted by atomic mass is 16.3. The molecule has 14 heavy (non-hydrogen) atoms. The maximum Gasteiger partial charge on any atom is 0.266 e. The summed E-state index contributed by atoms with van der Waals surface area (Å²) in [5, 5.41) is 26.6. The van der Waals surface area contributed by atoms with Crippen LogP contribution in [0.2, 0.25) is 0 Å². The average Bonchev–Trinajstić information content (AvgIpc) is 2.18. The second-order valence-electron chi connectivity index (χ2n) is 3.34. The van der Waals surface area contributed by atoms with Gasteiger partial charge in [-0.05, 0) is 6.92 Å². The Labute approximate surface area is 80.6 Å². The molecule has 0 amide bonds. The lowest BCUT2D eigenvalue weighted by Gasteiger charge is -2.26. The lowest BCUT2D eigenvalue weighted by molar-refractivity contribution is 0.147. The first-order valence-corrected chi connectivity index (χ1v) is 4.14. The number of aliphatic hydroxyl groups is 2. The number of hydrogen-bond acceptors (Lipinski definition) is 5. The van der Waals surface area contributed by atoms with Crippen molar-refractivity contribution < 1.29 is 10.2 Å². The van der Waals surface area contributed by atoms with Gasteiger partial charge in [0.05, 0.1) is 30.6 Å². The molecule has 0 unspecified atom stereocenters. The molecule has 1 rings (SSSR count). The first-order chi connectivity index (χ1) is 6.59. The molecule has 0 saturated carbocycles. The minimum absolute atomic E-state index is 0.240. The van der Waals surface area contributed by atoms with Gasteiger partial charge in [-0.2, -0.15) is 5.10 Å². The Morgan fingerprint density at radius 1 is 1.57 bits per heavy atom. The quantitative estimate of drug-likeness (QED) is 0.494. The summed E-state index contributed by atoms with van der Waals surface area (Å²) in [7, 11) is 0. The first kappa shape index (κ1) is 10.7. The fraction of sp³-hybridized carbons (Fsp3) is 0.500. The lowest BCUT2D eigenvalue weighted by Crippen LogP contribution is -2.42. The predicted octanol–water partition coefficient (Wildman–Crippen LogP) is -1.07. The normalized spacial score (nSPS) is 11.4. The van der Waals surface area contributed by atoms with Crippen molar-refractivity contribution in [2.45, 2.75) is 12.5 Å². The van der Waals surface area contributed by atoms with Crippen molar-refractivity contribution in [3.63, 3.8) is 0 Å². The van der Waals surface area contributed by atoms with Gasteiger partial charge in [-0.25, -0.2) is 5.10 Å². The maximum absolute atomic E-state index is 10.9. The third-order valence-electron chi connectivity index (χ3n) is 1.81. The monoisotopic (exact) mass is 199 g/mol. The number of H-pyrrole nitrogens is 1. The Hall–Kier alpha value is -1.40. The van der Waals surface area contributed by atoms with Crippen LogP contribution >= 0.6 is 0 Å². The molecule has 4 N–H and O–H groups in total. The van der Waals surface area contributed by atoms with Gasteiger partial charge in [-0.15, -0.1) is 0 Å². The van der Waals surface area contributed by atoms with E-state index < -0.39 is 5.54 Å². The highest BCUT2D eigenvalue weighted by molar-refractivity contribution is 5.41. The Kier molecular flexibility index (Phi) is 3.21. The second-order valence-corrected chi connectivity index (χ2v) is 3.34. The first-order valence-electron chi connectivity index (χ1n) is 4.14. The molecule has 78 valence electrons. The van der Waals surface area contributed by atoms with Crippen LogP contribution in [0.15, 0.2) is 17.1 Å².